The maximum Gasteiger partial charge on any atom is 0.287 e. The van der Waals surface area contributed by atoms with E-state index in [1.165, 1.54) is 36.9 Å². The van der Waals surface area contributed by atoms with Crippen LogP contribution < -0.4 is 16.0 Å². The van der Waals surface area contributed by atoms with Gasteiger partial charge in [-0.3, -0.25) is 4.79 Å². The number of hydrogen-bond acceptors (Lipinski definition) is 8. The normalized spacial score (nSPS) is 13.9. The van der Waals surface area contributed by atoms with Crippen LogP contribution in [0, 0.1) is 10.7 Å². The van der Waals surface area contributed by atoms with Gasteiger partial charge in [-0.15, -0.1) is 4.91 Å². The number of hydrogen-bond donors (Lipinski definition) is 4. The third-order valence-electron chi connectivity index (χ3n) is 3.93. The van der Waals surface area contributed by atoms with Crippen molar-refractivity contribution >= 4 is 54.5 Å². The average molecular weight is 489 g/mol. The van der Waals surface area contributed by atoms with Crippen molar-refractivity contribution in [2.24, 2.45) is 4.58 Å². The molecule has 0 spiro atoms. The Morgan fingerprint density at radius 1 is 1.34 bits per heavy atom. The standard InChI is InChI=1S/C17H22BrFN6O3S/c1-9(10(2)26)21-15-12(18)8-20-16(24-15)22-11-5-6-13(19)14(7-11)23-17(27)29(3,4)25-28/h5-10,26H,1-4H3,(H,23,27)(H2,20,21,22,24)/t9-,10-/m1/s1. The molecule has 1 aromatic carbocycles. The fourth-order valence-electron chi connectivity index (χ4n) is 1.96. The summed E-state index contributed by atoms with van der Waals surface area (Å²) in [4.78, 5) is 31.4. The van der Waals surface area contributed by atoms with Crippen molar-refractivity contribution < 1.29 is 14.3 Å². The molecule has 2 aromatic rings. The molecule has 0 aliphatic heterocycles. The zero-order valence-corrected chi connectivity index (χ0v) is 18.6. The molecular weight excluding hydrogens is 467 g/mol. The summed E-state index contributed by atoms with van der Waals surface area (Å²) < 4.78 is 17.5. The predicted octanol–water partition coefficient (Wildman–Crippen LogP) is 4.58. The SMILES string of the molecule is C[C@@H](O)[C@@H](C)Nc1nc(Nc2ccc(F)c(NC(=O)S(C)(C)N=O)c2)ncc1Br. The van der Waals surface area contributed by atoms with Gasteiger partial charge >= 0.3 is 0 Å². The summed E-state index contributed by atoms with van der Waals surface area (Å²) in [5.41, 5.74) is 0.327. The van der Waals surface area contributed by atoms with E-state index in [9.17, 15) is 19.2 Å². The predicted molar refractivity (Wildman–Crippen MR) is 118 cm³/mol. The van der Waals surface area contributed by atoms with Gasteiger partial charge in [-0.05, 0) is 75.3 Å². The number of carbonyl (C=O) groups is 1. The first-order chi connectivity index (χ1) is 13.5. The molecule has 0 radical (unpaired) electrons. The molecule has 2 atom stereocenters. The van der Waals surface area contributed by atoms with Crippen LogP contribution in [-0.4, -0.2) is 45.0 Å². The van der Waals surface area contributed by atoms with Crippen LogP contribution in [0.3, 0.4) is 0 Å². The molecule has 1 heterocycles. The molecule has 1 aromatic heterocycles. The first-order valence-corrected chi connectivity index (χ1v) is 11.7. The van der Waals surface area contributed by atoms with E-state index < -0.39 is 27.4 Å². The molecule has 0 unspecified atom stereocenters. The van der Waals surface area contributed by atoms with Crippen LogP contribution in [0.4, 0.5) is 32.3 Å². The molecule has 29 heavy (non-hydrogen) atoms. The van der Waals surface area contributed by atoms with Crippen LogP contribution in [0.15, 0.2) is 33.5 Å². The van der Waals surface area contributed by atoms with Gasteiger partial charge in [0.1, 0.15) is 11.6 Å². The van der Waals surface area contributed by atoms with E-state index in [-0.39, 0.29) is 17.7 Å². The molecule has 0 aliphatic carbocycles. The number of amides is 1. The summed E-state index contributed by atoms with van der Waals surface area (Å²) >= 11 is 3.34. The smallest absolute Gasteiger partial charge is 0.287 e. The van der Waals surface area contributed by atoms with Crippen molar-refractivity contribution in [1.29, 1.82) is 0 Å². The lowest BCUT2D eigenvalue weighted by atomic mass is 10.2. The lowest BCUT2D eigenvalue weighted by Gasteiger charge is -2.20. The van der Waals surface area contributed by atoms with E-state index in [0.29, 0.717) is 16.0 Å². The van der Waals surface area contributed by atoms with Gasteiger partial charge in [0.2, 0.25) is 5.95 Å². The number of benzene rings is 1. The van der Waals surface area contributed by atoms with Crippen molar-refractivity contribution in [3.05, 3.63) is 39.6 Å². The first kappa shape index (κ1) is 23.0. The van der Waals surface area contributed by atoms with Crippen molar-refractivity contribution in [2.45, 2.75) is 26.0 Å². The third-order valence-corrected chi connectivity index (χ3v) is 5.89. The number of aliphatic hydroxyl groups is 1. The number of nitrogens with zero attached hydrogens (tertiary/aromatic N) is 3. The minimum atomic E-state index is -2.44. The molecule has 0 fully saturated rings. The Kier molecular flexibility index (Phi) is 7.49. The second-order valence-corrected chi connectivity index (χ2v) is 10.6. The number of nitroso groups, excluding NO2 is 1. The lowest BCUT2D eigenvalue weighted by Crippen LogP contribution is -2.28. The second-order valence-electron chi connectivity index (χ2n) is 6.64. The number of anilines is 4. The van der Waals surface area contributed by atoms with E-state index in [0.717, 1.165) is 0 Å². The molecule has 0 bridgehead atoms. The molecule has 0 aliphatic rings. The molecule has 0 saturated heterocycles. The van der Waals surface area contributed by atoms with Gasteiger partial charge in [-0.2, -0.15) is 4.98 Å². The average Bonchev–Trinajstić information content (AvgIpc) is 2.66. The third kappa shape index (κ3) is 6.08. The summed E-state index contributed by atoms with van der Waals surface area (Å²) in [6, 6.07) is 3.74. The van der Waals surface area contributed by atoms with Crippen LogP contribution in [-0.2, 0) is 0 Å². The van der Waals surface area contributed by atoms with Gasteiger partial charge in [0.15, 0.2) is 0 Å². The number of rotatable bonds is 7. The maximum absolute atomic E-state index is 14.1. The monoisotopic (exact) mass is 488 g/mol. The van der Waals surface area contributed by atoms with Crippen LogP contribution in [0.5, 0.6) is 0 Å². The zero-order chi connectivity index (χ0) is 21.8. The summed E-state index contributed by atoms with van der Waals surface area (Å²) in [5.74, 6) is 0.0293. The van der Waals surface area contributed by atoms with Crippen LogP contribution in [0.25, 0.3) is 0 Å². The Balaban J connectivity index is 2.22. The largest absolute Gasteiger partial charge is 0.391 e. The van der Waals surface area contributed by atoms with Crippen molar-refractivity contribution in [3.63, 3.8) is 0 Å². The van der Waals surface area contributed by atoms with Gasteiger partial charge in [0.05, 0.1) is 22.3 Å². The molecule has 9 nitrogen and oxygen atoms in total. The van der Waals surface area contributed by atoms with Crippen molar-refractivity contribution in [3.8, 4) is 0 Å². The Morgan fingerprint density at radius 2 is 2.03 bits per heavy atom. The Bertz CT molecular complexity index is 915. The Labute approximate surface area is 177 Å². The number of nitrogens with one attached hydrogen (secondary N) is 3. The van der Waals surface area contributed by atoms with Gasteiger partial charge in [0.25, 0.3) is 5.24 Å². The van der Waals surface area contributed by atoms with Crippen molar-refractivity contribution in [1.82, 2.24) is 9.97 Å². The van der Waals surface area contributed by atoms with Gasteiger partial charge < -0.3 is 21.1 Å². The van der Waals surface area contributed by atoms with E-state index in [2.05, 4.69) is 46.4 Å². The molecule has 158 valence electrons. The highest BCUT2D eigenvalue weighted by Gasteiger charge is 2.24. The Hall–Kier alpha value is -2.31. The quantitative estimate of drug-likeness (QED) is 0.419. The molecular formula is C17H22BrFN6O3S. The number of halogens is 2. The van der Waals surface area contributed by atoms with E-state index in [1.54, 1.807) is 13.8 Å². The maximum atomic E-state index is 14.1. The van der Waals surface area contributed by atoms with Crippen LogP contribution >= 0.6 is 26.1 Å². The van der Waals surface area contributed by atoms with E-state index in [4.69, 9.17) is 0 Å². The zero-order valence-electron chi connectivity index (χ0n) is 16.2. The van der Waals surface area contributed by atoms with Crippen LogP contribution in [0.2, 0.25) is 0 Å². The molecule has 1 amide bonds. The van der Waals surface area contributed by atoms with E-state index >= 15 is 0 Å². The number of aliphatic hydroxyl groups excluding tert-OH is 1. The second kappa shape index (κ2) is 9.46. The molecule has 12 heteroatoms. The summed E-state index contributed by atoms with van der Waals surface area (Å²) in [7, 11) is -2.44. The molecule has 4 N–H and O–H groups in total. The Morgan fingerprint density at radius 3 is 2.66 bits per heavy atom. The van der Waals surface area contributed by atoms with Crippen LogP contribution in [0.1, 0.15) is 13.8 Å². The van der Waals surface area contributed by atoms with Gasteiger partial charge in [-0.1, -0.05) is 0 Å². The first-order valence-electron chi connectivity index (χ1n) is 8.46. The highest BCUT2D eigenvalue weighted by molar-refractivity contribution is 9.10. The fraction of sp³-hybridized carbons (Fsp3) is 0.353. The summed E-state index contributed by atoms with van der Waals surface area (Å²) in [6.45, 7) is 3.46. The molecule has 2 rings (SSSR count). The minimum absolute atomic E-state index is 0.0950. The highest BCUT2D eigenvalue weighted by Crippen LogP contribution is 2.43. The molecule has 0 saturated carbocycles. The van der Waals surface area contributed by atoms with Gasteiger partial charge in [0, 0.05) is 11.9 Å². The summed E-state index contributed by atoms with van der Waals surface area (Å²) in [6.07, 6.45) is 3.76. The lowest BCUT2D eigenvalue weighted by molar-refractivity contribution is 0.177. The number of carbonyl (C=O) groups excluding carboxylic acids is 1. The van der Waals surface area contributed by atoms with E-state index in [1.807, 2.05) is 0 Å². The van der Waals surface area contributed by atoms with Gasteiger partial charge in [-0.25, -0.2) is 9.37 Å². The topological polar surface area (TPSA) is 129 Å². The fourth-order valence-corrected chi connectivity index (χ4v) is 2.69. The summed E-state index contributed by atoms with van der Waals surface area (Å²) in [5, 5.41) is 17.4. The number of aromatic nitrogens is 2. The highest BCUT2D eigenvalue weighted by atomic mass is 79.9. The van der Waals surface area contributed by atoms with Crippen molar-refractivity contribution in [2.75, 3.05) is 28.5 Å². The minimum Gasteiger partial charge on any atom is -0.391 e.